The lowest BCUT2D eigenvalue weighted by Gasteiger charge is -2.46. The Morgan fingerprint density at radius 2 is 1.18 bits per heavy atom. The van der Waals surface area contributed by atoms with Gasteiger partial charge >= 0.3 is 0 Å². The Hall–Kier alpha value is -1.79. The van der Waals surface area contributed by atoms with Gasteiger partial charge in [0.05, 0.1) is 32.0 Å². The van der Waals surface area contributed by atoms with Crippen molar-refractivity contribution in [1.82, 2.24) is 5.32 Å². The van der Waals surface area contributed by atoms with Gasteiger partial charge in [-0.15, -0.1) is 0 Å². The maximum absolute atomic E-state index is 13.0. The number of carbonyl (C=O) groups excluding carboxylic acids is 1. The zero-order valence-electron chi connectivity index (χ0n) is 33.9. The Bertz CT molecular complexity index is 1090. The first-order valence-corrected chi connectivity index (χ1v) is 21.2. The minimum Gasteiger partial charge on any atom is -0.394 e. The van der Waals surface area contributed by atoms with Crippen molar-refractivity contribution in [2.75, 3.05) is 19.8 Å². The number of unbranched alkanes of at least 4 members (excludes halogenated alkanes) is 13. The molecule has 2 aliphatic rings. The van der Waals surface area contributed by atoms with Gasteiger partial charge in [-0.25, -0.2) is 0 Å². The number of hydrogen-bond acceptors (Lipinski definition) is 13. The number of aliphatic hydroxyl groups excluding tert-OH is 8. The third-order valence-electron chi connectivity index (χ3n) is 10.3. The summed E-state index contributed by atoms with van der Waals surface area (Å²) in [6.45, 7) is 2.60. The van der Waals surface area contributed by atoms with Crippen molar-refractivity contribution in [3.63, 3.8) is 0 Å². The summed E-state index contributed by atoms with van der Waals surface area (Å²) < 4.78 is 22.5. The van der Waals surface area contributed by atoms with Gasteiger partial charge in [-0.3, -0.25) is 4.79 Å². The smallest absolute Gasteiger partial charge is 0.220 e. The van der Waals surface area contributed by atoms with Crippen molar-refractivity contribution >= 4 is 5.91 Å². The van der Waals surface area contributed by atoms with Crippen LogP contribution >= 0.6 is 0 Å². The number of aliphatic hydroxyl groups is 8. The molecule has 2 heterocycles. The molecule has 0 aliphatic carbocycles. The van der Waals surface area contributed by atoms with E-state index in [-0.39, 0.29) is 18.9 Å². The van der Waals surface area contributed by atoms with E-state index in [2.05, 4.69) is 43.5 Å². The number of allylic oxidation sites excluding steroid dienone is 5. The predicted molar refractivity (Wildman–Crippen MR) is 212 cm³/mol. The molecule has 0 aromatic rings. The monoisotopic (exact) mass is 802 g/mol. The summed E-state index contributed by atoms with van der Waals surface area (Å²) in [6.07, 6.45) is 13.8. The maximum atomic E-state index is 13.0. The van der Waals surface area contributed by atoms with Crippen LogP contribution in [0.3, 0.4) is 0 Å². The lowest BCUT2D eigenvalue weighted by atomic mass is 9.97. The van der Waals surface area contributed by atoms with Gasteiger partial charge in [0.2, 0.25) is 5.91 Å². The first kappa shape index (κ1) is 50.4. The van der Waals surface area contributed by atoms with Crippen molar-refractivity contribution in [2.24, 2.45) is 0 Å². The fourth-order valence-electron chi connectivity index (χ4n) is 6.72. The van der Waals surface area contributed by atoms with Crippen LogP contribution in [0.15, 0.2) is 36.5 Å². The lowest BCUT2D eigenvalue weighted by Crippen LogP contribution is -2.65. The number of ether oxygens (including phenoxy) is 4. The van der Waals surface area contributed by atoms with Crippen LogP contribution in [0, 0.1) is 0 Å². The lowest BCUT2D eigenvalue weighted by molar-refractivity contribution is -0.359. The number of hydrogen-bond donors (Lipinski definition) is 9. The SMILES string of the molecule is CCC/C=C/CC/C=C/C(O)C(COC1OC(CO)C(OC2OC(CO)C(O)C(O)C2O)C(O)C1O)NC(=O)CCCCCCC/C=C\CCCCCCCC. The molecule has 12 unspecified atom stereocenters. The van der Waals surface area contributed by atoms with E-state index in [4.69, 9.17) is 18.9 Å². The third-order valence-corrected chi connectivity index (χ3v) is 10.3. The van der Waals surface area contributed by atoms with E-state index in [1.807, 2.05) is 6.08 Å². The molecule has 326 valence electrons. The molecule has 0 spiro atoms. The summed E-state index contributed by atoms with van der Waals surface area (Å²) in [5.74, 6) is -0.266. The van der Waals surface area contributed by atoms with E-state index in [9.17, 15) is 45.6 Å². The average molecular weight is 802 g/mol. The van der Waals surface area contributed by atoms with E-state index in [0.29, 0.717) is 12.8 Å². The topological polar surface area (TPSA) is 228 Å². The van der Waals surface area contributed by atoms with Crippen LogP contribution in [-0.4, -0.2) is 140 Å². The first-order chi connectivity index (χ1) is 27.1. The molecule has 12 atom stereocenters. The van der Waals surface area contributed by atoms with Crippen LogP contribution in [0.25, 0.3) is 0 Å². The van der Waals surface area contributed by atoms with Gasteiger partial charge in [0, 0.05) is 6.42 Å². The number of amides is 1. The normalized spacial score (nSPS) is 29.8. The van der Waals surface area contributed by atoms with Gasteiger partial charge in [0.15, 0.2) is 12.6 Å². The highest BCUT2D eigenvalue weighted by Crippen LogP contribution is 2.29. The highest BCUT2D eigenvalue weighted by atomic mass is 16.7. The van der Waals surface area contributed by atoms with Crippen LogP contribution in [0.4, 0.5) is 0 Å². The largest absolute Gasteiger partial charge is 0.394 e. The molecule has 0 radical (unpaired) electrons. The van der Waals surface area contributed by atoms with Crippen LogP contribution in [0.2, 0.25) is 0 Å². The van der Waals surface area contributed by atoms with Gasteiger partial charge in [0.25, 0.3) is 0 Å². The number of carbonyl (C=O) groups is 1. The van der Waals surface area contributed by atoms with Gasteiger partial charge in [0.1, 0.15) is 48.8 Å². The standard InChI is InChI=1S/C42H75NO13/c1-3-5-7-9-11-12-13-14-15-16-17-18-20-22-24-26-34(47)43-30(31(46)25-23-21-19-10-8-6-4-2)29-53-41-39(52)37(50)40(33(28-45)55-41)56-42-38(51)36(49)35(48)32(27-44)54-42/h8,10,14-15,23,25,30-33,35-42,44-46,48-52H,3-7,9,11-13,16-22,24,26-29H2,1-2H3,(H,43,47)/b10-8+,15-14-,25-23+. The van der Waals surface area contributed by atoms with Crippen molar-refractivity contribution in [2.45, 2.75) is 203 Å². The molecule has 14 heteroatoms. The molecule has 14 nitrogen and oxygen atoms in total. The van der Waals surface area contributed by atoms with Gasteiger partial charge in [-0.2, -0.15) is 0 Å². The molecule has 0 aromatic carbocycles. The molecule has 0 bridgehead atoms. The van der Waals surface area contributed by atoms with Crippen molar-refractivity contribution in [3.8, 4) is 0 Å². The van der Waals surface area contributed by atoms with Crippen LogP contribution in [-0.2, 0) is 23.7 Å². The highest BCUT2D eigenvalue weighted by Gasteiger charge is 2.50. The number of nitrogens with one attached hydrogen (secondary N) is 1. The molecule has 2 fully saturated rings. The van der Waals surface area contributed by atoms with E-state index >= 15 is 0 Å². The summed E-state index contributed by atoms with van der Waals surface area (Å²) in [5, 5.41) is 86.0. The van der Waals surface area contributed by atoms with Gasteiger partial charge < -0.3 is 65.1 Å². The van der Waals surface area contributed by atoms with E-state index in [0.717, 1.165) is 57.8 Å². The van der Waals surface area contributed by atoms with Crippen LogP contribution in [0.5, 0.6) is 0 Å². The molecule has 0 aromatic heterocycles. The molecule has 1 amide bonds. The van der Waals surface area contributed by atoms with Crippen molar-refractivity contribution in [1.29, 1.82) is 0 Å². The zero-order chi connectivity index (χ0) is 41.1. The summed E-state index contributed by atoms with van der Waals surface area (Å²) in [4.78, 5) is 13.0. The Morgan fingerprint density at radius 3 is 1.82 bits per heavy atom. The average Bonchev–Trinajstić information content (AvgIpc) is 3.19. The summed E-state index contributed by atoms with van der Waals surface area (Å²) >= 11 is 0. The Morgan fingerprint density at radius 1 is 0.625 bits per heavy atom. The predicted octanol–water partition coefficient (Wildman–Crippen LogP) is 3.20. The minimum absolute atomic E-state index is 0.262. The fraction of sp³-hybridized carbons (Fsp3) is 0.833. The van der Waals surface area contributed by atoms with Crippen LogP contribution < -0.4 is 5.32 Å². The molecular formula is C42H75NO13. The molecule has 56 heavy (non-hydrogen) atoms. The van der Waals surface area contributed by atoms with Crippen molar-refractivity contribution in [3.05, 3.63) is 36.5 Å². The Labute approximate surface area is 334 Å². The first-order valence-electron chi connectivity index (χ1n) is 21.2. The zero-order valence-corrected chi connectivity index (χ0v) is 33.9. The second kappa shape index (κ2) is 30.3. The number of rotatable bonds is 30. The summed E-state index contributed by atoms with van der Waals surface area (Å²) in [6, 6.07) is -0.930. The Balaban J connectivity index is 1.89. The Kier molecular flexibility index (Phi) is 27.2. The molecule has 9 N–H and O–H groups in total. The van der Waals surface area contributed by atoms with E-state index < -0.39 is 86.8 Å². The fourth-order valence-corrected chi connectivity index (χ4v) is 6.72. The van der Waals surface area contributed by atoms with Gasteiger partial charge in [-0.05, 0) is 51.4 Å². The minimum atomic E-state index is -1.79. The molecule has 2 rings (SSSR count). The summed E-state index contributed by atoms with van der Waals surface area (Å²) in [5.41, 5.74) is 0. The molecule has 0 saturated carbocycles. The third kappa shape index (κ3) is 18.9. The van der Waals surface area contributed by atoms with Crippen LogP contribution in [0.1, 0.15) is 129 Å². The second-order valence-electron chi connectivity index (χ2n) is 15.1. The molecule has 2 aliphatic heterocycles. The molecule has 2 saturated heterocycles. The molecular weight excluding hydrogens is 726 g/mol. The van der Waals surface area contributed by atoms with Crippen molar-refractivity contribution < 1.29 is 64.6 Å². The highest BCUT2D eigenvalue weighted by molar-refractivity contribution is 5.76. The maximum Gasteiger partial charge on any atom is 0.220 e. The quantitative estimate of drug-likeness (QED) is 0.0376. The van der Waals surface area contributed by atoms with Gasteiger partial charge in [-0.1, -0.05) is 108 Å². The summed E-state index contributed by atoms with van der Waals surface area (Å²) in [7, 11) is 0. The van der Waals surface area contributed by atoms with E-state index in [1.54, 1.807) is 6.08 Å². The van der Waals surface area contributed by atoms with E-state index in [1.165, 1.54) is 38.5 Å². The second-order valence-corrected chi connectivity index (χ2v) is 15.1.